The van der Waals surface area contributed by atoms with Gasteiger partial charge in [-0.15, -0.1) is 11.3 Å². The maximum Gasteiger partial charge on any atom is 0.323 e. The van der Waals surface area contributed by atoms with Gasteiger partial charge in [-0.05, 0) is 25.8 Å². The van der Waals surface area contributed by atoms with Crippen LogP contribution in [0.25, 0.3) is 10.8 Å². The number of hydrogen-bond donors (Lipinski definition) is 1. The molecule has 0 radical (unpaired) electrons. The molecule has 1 aliphatic heterocycles. The lowest BCUT2D eigenvalue weighted by atomic mass is 10.1. The first-order valence-electron chi connectivity index (χ1n) is 7.91. The van der Waals surface area contributed by atoms with Crippen molar-refractivity contribution in [3.05, 3.63) is 29.0 Å². The molecule has 0 spiro atoms. The summed E-state index contributed by atoms with van der Waals surface area (Å²) in [6.07, 6.45) is 4.48. The summed E-state index contributed by atoms with van der Waals surface area (Å²) in [5, 5.41) is 9.75. The van der Waals surface area contributed by atoms with Gasteiger partial charge in [0.05, 0.1) is 5.69 Å². The second-order valence-corrected chi connectivity index (χ2v) is 6.68. The van der Waals surface area contributed by atoms with Gasteiger partial charge in [0.2, 0.25) is 0 Å². The zero-order valence-electron chi connectivity index (χ0n) is 13.7. The van der Waals surface area contributed by atoms with Gasteiger partial charge < -0.3 is 14.7 Å². The van der Waals surface area contributed by atoms with Crippen LogP contribution in [0.15, 0.2) is 18.5 Å². The van der Waals surface area contributed by atoms with Crippen molar-refractivity contribution in [2.24, 2.45) is 0 Å². The zero-order chi connectivity index (χ0) is 17.8. The van der Waals surface area contributed by atoms with E-state index >= 15 is 0 Å². The van der Waals surface area contributed by atoms with Crippen LogP contribution in [0.4, 0.5) is 0 Å². The minimum absolute atomic E-state index is 0.143. The zero-order valence-corrected chi connectivity index (χ0v) is 14.5. The van der Waals surface area contributed by atoms with Crippen LogP contribution in [0.3, 0.4) is 0 Å². The number of aliphatic carboxylic acids is 1. The number of hydrogen-bond acceptors (Lipinski definition) is 7. The molecule has 0 unspecified atom stereocenters. The number of aryl methyl sites for hydroxylation is 1. The van der Waals surface area contributed by atoms with E-state index in [1.54, 1.807) is 25.4 Å². The summed E-state index contributed by atoms with van der Waals surface area (Å²) in [6.45, 7) is 2.45. The highest BCUT2D eigenvalue weighted by atomic mass is 32.1. The van der Waals surface area contributed by atoms with E-state index in [9.17, 15) is 14.7 Å². The number of aromatic nitrogens is 3. The lowest BCUT2D eigenvalue weighted by molar-refractivity contribution is -0.138. The van der Waals surface area contributed by atoms with Crippen LogP contribution < -0.4 is 0 Å². The number of ether oxygens (including phenoxy) is 1. The third kappa shape index (κ3) is 3.99. The molecule has 2 aromatic heterocycles. The Morgan fingerprint density at radius 1 is 1.32 bits per heavy atom. The highest BCUT2D eigenvalue weighted by molar-refractivity contribution is 7.17. The molecule has 0 atom stereocenters. The lowest BCUT2D eigenvalue weighted by Gasteiger charge is -2.33. The summed E-state index contributed by atoms with van der Waals surface area (Å²) in [5.41, 5.74) is 0.555. The molecule has 1 aliphatic rings. The van der Waals surface area contributed by atoms with E-state index in [-0.39, 0.29) is 18.5 Å². The summed E-state index contributed by atoms with van der Waals surface area (Å²) in [7, 11) is 0. The smallest absolute Gasteiger partial charge is 0.323 e. The molecule has 0 aromatic carbocycles. The van der Waals surface area contributed by atoms with Crippen LogP contribution in [-0.4, -0.2) is 62.6 Å². The fourth-order valence-corrected chi connectivity index (χ4v) is 3.71. The van der Waals surface area contributed by atoms with Crippen LogP contribution in [0.5, 0.6) is 0 Å². The van der Waals surface area contributed by atoms with E-state index in [1.165, 1.54) is 16.2 Å². The summed E-state index contributed by atoms with van der Waals surface area (Å²) in [4.78, 5) is 38.8. The Morgan fingerprint density at radius 2 is 2.00 bits per heavy atom. The maximum atomic E-state index is 13.0. The topological polar surface area (TPSA) is 106 Å². The number of carbonyl (C=O) groups is 2. The first kappa shape index (κ1) is 17.4. The number of rotatable bonds is 5. The van der Waals surface area contributed by atoms with Gasteiger partial charge in [-0.25, -0.2) is 15.0 Å². The average Bonchev–Trinajstić information content (AvgIpc) is 3.02. The number of nitrogens with zero attached hydrogens (tertiary/aromatic N) is 4. The van der Waals surface area contributed by atoms with Gasteiger partial charge in [0.15, 0.2) is 10.8 Å². The molecule has 1 amide bonds. The summed E-state index contributed by atoms with van der Waals surface area (Å²) in [6, 6.07) is 1.56. The fraction of sp³-hybridized carbons (Fsp3) is 0.438. The Morgan fingerprint density at radius 3 is 2.64 bits per heavy atom. The molecule has 1 N–H and O–H groups in total. The van der Waals surface area contributed by atoms with Crippen LogP contribution in [0.1, 0.15) is 28.2 Å². The summed E-state index contributed by atoms with van der Waals surface area (Å²) < 4.78 is 5.31. The monoisotopic (exact) mass is 362 g/mol. The molecular formula is C16H18N4O4S. The summed E-state index contributed by atoms with van der Waals surface area (Å²) >= 11 is 1.19. The van der Waals surface area contributed by atoms with E-state index in [4.69, 9.17) is 4.74 Å². The molecule has 3 heterocycles. The third-order valence-electron chi connectivity index (χ3n) is 3.95. The number of amides is 1. The number of carboxylic acid groups (broad SMARTS) is 1. The van der Waals surface area contributed by atoms with Crippen molar-refractivity contribution in [1.29, 1.82) is 0 Å². The minimum atomic E-state index is -1.03. The highest BCUT2D eigenvalue weighted by Gasteiger charge is 2.31. The molecule has 2 aromatic rings. The Labute approximate surface area is 148 Å². The van der Waals surface area contributed by atoms with Gasteiger partial charge in [-0.1, -0.05) is 0 Å². The Bertz CT molecular complexity index is 759. The second-order valence-electron chi connectivity index (χ2n) is 5.68. The molecule has 1 saturated heterocycles. The SMILES string of the molecule is Cc1nc(-c2ncccn2)sc1C(=O)N(CC(=O)O)C1CCOCC1. The molecule has 8 nitrogen and oxygen atoms in total. The van der Waals surface area contributed by atoms with Gasteiger partial charge in [-0.2, -0.15) is 0 Å². The van der Waals surface area contributed by atoms with Crippen molar-refractivity contribution in [3.63, 3.8) is 0 Å². The predicted molar refractivity (Wildman–Crippen MR) is 90.4 cm³/mol. The number of carbonyl (C=O) groups excluding carboxylic acids is 1. The molecule has 132 valence electrons. The lowest BCUT2D eigenvalue weighted by Crippen LogP contribution is -2.46. The molecule has 3 rings (SSSR count). The Balaban J connectivity index is 1.88. The Hall–Kier alpha value is -2.39. The van der Waals surface area contributed by atoms with Crippen LogP contribution in [-0.2, 0) is 9.53 Å². The van der Waals surface area contributed by atoms with Crippen molar-refractivity contribution in [2.75, 3.05) is 19.8 Å². The van der Waals surface area contributed by atoms with Crippen molar-refractivity contribution in [2.45, 2.75) is 25.8 Å². The Kier molecular flexibility index (Phi) is 5.34. The highest BCUT2D eigenvalue weighted by Crippen LogP contribution is 2.28. The van der Waals surface area contributed by atoms with Gasteiger partial charge in [0.25, 0.3) is 5.91 Å². The van der Waals surface area contributed by atoms with E-state index < -0.39 is 5.97 Å². The predicted octanol–water partition coefficient (Wildman–Crippen LogP) is 1.61. The number of carboxylic acids is 1. The van der Waals surface area contributed by atoms with Crippen LogP contribution in [0.2, 0.25) is 0 Å². The fourth-order valence-electron chi connectivity index (χ4n) is 2.74. The van der Waals surface area contributed by atoms with E-state index in [0.29, 0.717) is 47.5 Å². The van der Waals surface area contributed by atoms with Crippen molar-refractivity contribution < 1.29 is 19.4 Å². The molecule has 1 fully saturated rings. The van der Waals surface area contributed by atoms with Crippen molar-refractivity contribution in [1.82, 2.24) is 19.9 Å². The van der Waals surface area contributed by atoms with E-state index in [2.05, 4.69) is 15.0 Å². The van der Waals surface area contributed by atoms with Gasteiger partial charge >= 0.3 is 5.97 Å². The van der Waals surface area contributed by atoms with Crippen LogP contribution in [0, 0.1) is 6.92 Å². The van der Waals surface area contributed by atoms with Gasteiger partial charge in [0.1, 0.15) is 11.4 Å². The molecule has 0 bridgehead atoms. The number of thiazole rings is 1. The molecule has 0 aliphatic carbocycles. The largest absolute Gasteiger partial charge is 0.480 e. The molecule has 9 heteroatoms. The summed E-state index contributed by atoms with van der Waals surface area (Å²) in [5.74, 6) is -0.898. The normalized spacial score (nSPS) is 15.1. The first-order valence-corrected chi connectivity index (χ1v) is 8.73. The second kappa shape index (κ2) is 7.66. The van der Waals surface area contributed by atoms with E-state index in [0.717, 1.165) is 0 Å². The van der Waals surface area contributed by atoms with Gasteiger partial charge in [-0.3, -0.25) is 9.59 Å². The third-order valence-corrected chi connectivity index (χ3v) is 5.09. The molecule has 25 heavy (non-hydrogen) atoms. The van der Waals surface area contributed by atoms with Gasteiger partial charge in [0, 0.05) is 31.6 Å². The first-order chi connectivity index (χ1) is 12.1. The standard InChI is InChI=1S/C16H18N4O4S/c1-10-13(25-15(19-10)14-17-5-2-6-18-14)16(23)20(9-12(21)22)11-3-7-24-8-4-11/h2,5-6,11H,3-4,7-9H2,1H3,(H,21,22). The molecule has 0 saturated carbocycles. The average molecular weight is 362 g/mol. The maximum absolute atomic E-state index is 13.0. The van der Waals surface area contributed by atoms with Crippen molar-refractivity contribution in [3.8, 4) is 10.8 Å². The van der Waals surface area contributed by atoms with Crippen LogP contribution >= 0.6 is 11.3 Å². The minimum Gasteiger partial charge on any atom is -0.480 e. The van der Waals surface area contributed by atoms with E-state index in [1.807, 2.05) is 0 Å². The quantitative estimate of drug-likeness (QED) is 0.861. The van der Waals surface area contributed by atoms with Crippen molar-refractivity contribution >= 4 is 23.2 Å². The molecular weight excluding hydrogens is 344 g/mol.